The third-order valence-electron chi connectivity index (χ3n) is 9.99. The Hall–Kier alpha value is -3.00. The Bertz CT molecular complexity index is 1210. The Labute approximate surface area is 215 Å². The standard InChI is InChI=1S/C29H33NO7/c1-15-17-9-10-19-28-14-35-25(33)21(28)27(2,3)12-11-20(28)36-26(34)29(19,22(15)31)23(17)37-24(32)18(30)13-16-7-5-4-6-8-16/h4-8,17-21,23H,1,9-14,30H2,2-3H3/t17-,18-,19-,20-,21+,23+,28+,29-/m0/s1. The van der Waals surface area contributed by atoms with Gasteiger partial charge in [-0.2, -0.15) is 0 Å². The molecule has 2 saturated heterocycles. The van der Waals surface area contributed by atoms with Gasteiger partial charge in [-0.1, -0.05) is 50.8 Å². The van der Waals surface area contributed by atoms with Crippen molar-refractivity contribution in [3.63, 3.8) is 0 Å². The number of cyclic esters (lactones) is 1. The van der Waals surface area contributed by atoms with Crippen molar-refractivity contribution in [3.8, 4) is 0 Å². The van der Waals surface area contributed by atoms with Crippen LogP contribution in [0.3, 0.4) is 0 Å². The molecule has 2 heterocycles. The van der Waals surface area contributed by atoms with Crippen LogP contribution in [-0.4, -0.2) is 48.5 Å². The van der Waals surface area contributed by atoms with Gasteiger partial charge < -0.3 is 19.9 Å². The molecule has 5 aliphatic rings. The van der Waals surface area contributed by atoms with E-state index in [0.29, 0.717) is 25.7 Å². The van der Waals surface area contributed by atoms with Crippen molar-refractivity contribution in [1.82, 2.24) is 0 Å². The highest BCUT2D eigenvalue weighted by atomic mass is 16.6. The average Bonchev–Trinajstić information content (AvgIpc) is 3.28. The minimum atomic E-state index is -1.74. The third-order valence-corrected chi connectivity index (χ3v) is 9.99. The molecule has 1 aromatic carbocycles. The number of Topliss-reactive ketones (excluding diaryl/α,β-unsaturated/α-hetero) is 1. The van der Waals surface area contributed by atoms with Gasteiger partial charge in [0.25, 0.3) is 0 Å². The number of esters is 3. The molecule has 8 atom stereocenters. The van der Waals surface area contributed by atoms with Crippen LogP contribution < -0.4 is 5.73 Å². The molecule has 6 rings (SSSR count). The lowest BCUT2D eigenvalue weighted by Gasteiger charge is -2.61. The molecule has 37 heavy (non-hydrogen) atoms. The highest BCUT2D eigenvalue weighted by Crippen LogP contribution is 2.71. The van der Waals surface area contributed by atoms with Crippen LogP contribution in [0.1, 0.15) is 45.1 Å². The molecular formula is C29H33NO7. The van der Waals surface area contributed by atoms with E-state index < -0.39 is 70.0 Å². The van der Waals surface area contributed by atoms with E-state index in [1.807, 2.05) is 44.2 Å². The third kappa shape index (κ3) is 3.05. The summed E-state index contributed by atoms with van der Waals surface area (Å²) in [6.45, 7) is 8.18. The lowest BCUT2D eigenvalue weighted by Crippen LogP contribution is -2.71. The SMILES string of the molecule is C=C1C(=O)[C@@]23C(=O)O[C@H]4CCC(C)(C)[C@H]5C(=O)OC[C@@]45[C@@H]2CC[C@@H]1[C@H]3OC(=O)[C@@H](N)Cc1ccccc1. The van der Waals surface area contributed by atoms with Crippen LogP contribution in [0.2, 0.25) is 0 Å². The van der Waals surface area contributed by atoms with Crippen LogP contribution in [0, 0.1) is 34.0 Å². The van der Waals surface area contributed by atoms with Crippen LogP contribution in [-0.2, 0) is 39.8 Å². The van der Waals surface area contributed by atoms with Crippen LogP contribution in [0.15, 0.2) is 42.5 Å². The van der Waals surface area contributed by atoms with Gasteiger partial charge in [0.15, 0.2) is 11.2 Å². The molecule has 8 nitrogen and oxygen atoms in total. The molecule has 3 saturated carbocycles. The van der Waals surface area contributed by atoms with Crippen molar-refractivity contribution < 1.29 is 33.4 Å². The molecule has 0 aromatic heterocycles. The molecule has 196 valence electrons. The van der Waals surface area contributed by atoms with Crippen LogP contribution in [0.5, 0.6) is 0 Å². The second-order valence-corrected chi connectivity index (χ2v) is 12.2. The number of fused-ring (bicyclic) bond motifs is 1. The molecule has 3 aliphatic carbocycles. The van der Waals surface area contributed by atoms with E-state index in [2.05, 4.69) is 6.58 Å². The highest BCUT2D eigenvalue weighted by Gasteiger charge is 2.81. The number of nitrogens with two attached hydrogens (primary N) is 1. The van der Waals surface area contributed by atoms with Crippen molar-refractivity contribution >= 4 is 23.7 Å². The van der Waals surface area contributed by atoms with E-state index >= 15 is 0 Å². The summed E-state index contributed by atoms with van der Waals surface area (Å²) in [5, 5.41) is 0. The summed E-state index contributed by atoms with van der Waals surface area (Å²) in [5.41, 5.74) is 4.40. The van der Waals surface area contributed by atoms with Gasteiger partial charge in [0.1, 0.15) is 24.9 Å². The predicted molar refractivity (Wildman–Crippen MR) is 131 cm³/mol. The van der Waals surface area contributed by atoms with Crippen LogP contribution in [0.25, 0.3) is 0 Å². The number of rotatable bonds is 4. The molecule has 1 aromatic rings. The van der Waals surface area contributed by atoms with Gasteiger partial charge in [-0.05, 0) is 54.6 Å². The number of carbonyl (C=O) groups is 4. The fourth-order valence-corrected chi connectivity index (χ4v) is 8.45. The molecule has 2 bridgehead atoms. The van der Waals surface area contributed by atoms with Crippen molar-refractivity contribution in [2.75, 3.05) is 6.61 Å². The summed E-state index contributed by atoms with van der Waals surface area (Å²) < 4.78 is 17.7. The fourth-order valence-electron chi connectivity index (χ4n) is 8.45. The summed E-state index contributed by atoms with van der Waals surface area (Å²) in [4.78, 5) is 54.2. The Kier molecular flexibility index (Phi) is 5.26. The number of hydrogen-bond acceptors (Lipinski definition) is 8. The summed E-state index contributed by atoms with van der Waals surface area (Å²) in [5.74, 6) is -3.68. The summed E-state index contributed by atoms with van der Waals surface area (Å²) in [6.07, 6.45) is 0.989. The van der Waals surface area contributed by atoms with E-state index in [9.17, 15) is 19.2 Å². The quantitative estimate of drug-likeness (QED) is 0.286. The van der Waals surface area contributed by atoms with Gasteiger partial charge in [0, 0.05) is 5.92 Å². The highest BCUT2D eigenvalue weighted by molar-refractivity contribution is 6.16. The molecule has 0 amide bonds. The molecular weight excluding hydrogens is 474 g/mol. The first-order valence-corrected chi connectivity index (χ1v) is 13.2. The van der Waals surface area contributed by atoms with Gasteiger partial charge in [-0.3, -0.25) is 19.2 Å². The lowest BCUT2D eigenvalue weighted by atomic mass is 9.43. The summed E-state index contributed by atoms with van der Waals surface area (Å²) in [7, 11) is 0. The zero-order valence-corrected chi connectivity index (χ0v) is 21.2. The topological polar surface area (TPSA) is 122 Å². The van der Waals surface area contributed by atoms with E-state index in [1.165, 1.54) is 0 Å². The van der Waals surface area contributed by atoms with Crippen molar-refractivity contribution in [1.29, 1.82) is 0 Å². The van der Waals surface area contributed by atoms with E-state index in [-0.39, 0.29) is 24.6 Å². The maximum absolute atomic E-state index is 14.0. The first kappa shape index (κ1) is 24.3. The molecule has 2 spiro atoms. The smallest absolute Gasteiger partial charge is 0.324 e. The van der Waals surface area contributed by atoms with Crippen LogP contribution in [0.4, 0.5) is 0 Å². The Morgan fingerprint density at radius 2 is 1.89 bits per heavy atom. The molecule has 2 N–H and O–H groups in total. The monoisotopic (exact) mass is 507 g/mol. The minimum Gasteiger partial charge on any atom is -0.465 e. The Balaban J connectivity index is 1.40. The normalized spacial score (nSPS) is 40.1. The average molecular weight is 508 g/mol. The molecule has 5 fully saturated rings. The van der Waals surface area contributed by atoms with Gasteiger partial charge in [0.05, 0.1) is 11.3 Å². The Morgan fingerprint density at radius 3 is 2.62 bits per heavy atom. The maximum Gasteiger partial charge on any atom is 0.324 e. The second-order valence-electron chi connectivity index (χ2n) is 12.2. The van der Waals surface area contributed by atoms with Crippen LogP contribution >= 0.6 is 0 Å². The van der Waals surface area contributed by atoms with Gasteiger partial charge in [-0.25, -0.2) is 0 Å². The van der Waals surface area contributed by atoms with Gasteiger partial charge >= 0.3 is 17.9 Å². The van der Waals surface area contributed by atoms with E-state index in [4.69, 9.17) is 19.9 Å². The van der Waals surface area contributed by atoms with Crippen molar-refractivity contribution in [2.45, 2.75) is 64.2 Å². The van der Waals surface area contributed by atoms with Gasteiger partial charge in [0.2, 0.25) is 0 Å². The first-order chi connectivity index (χ1) is 17.5. The second kappa shape index (κ2) is 8.00. The zero-order valence-electron chi connectivity index (χ0n) is 21.2. The Morgan fingerprint density at radius 1 is 1.16 bits per heavy atom. The summed E-state index contributed by atoms with van der Waals surface area (Å²) in [6, 6.07) is 8.38. The van der Waals surface area contributed by atoms with E-state index in [0.717, 1.165) is 5.56 Å². The fraction of sp³-hybridized carbons (Fsp3) is 0.586. The molecule has 2 aliphatic heterocycles. The van der Waals surface area contributed by atoms with E-state index in [1.54, 1.807) is 0 Å². The summed E-state index contributed by atoms with van der Waals surface area (Å²) >= 11 is 0. The van der Waals surface area contributed by atoms with Crippen molar-refractivity contribution in [2.24, 2.45) is 39.7 Å². The first-order valence-electron chi connectivity index (χ1n) is 13.2. The molecule has 0 radical (unpaired) electrons. The predicted octanol–water partition coefficient (Wildman–Crippen LogP) is 2.52. The number of carbonyl (C=O) groups excluding carboxylic acids is 4. The van der Waals surface area contributed by atoms with Crippen molar-refractivity contribution in [3.05, 3.63) is 48.0 Å². The lowest BCUT2D eigenvalue weighted by molar-refractivity contribution is -0.247. The number of ether oxygens (including phenoxy) is 3. The van der Waals surface area contributed by atoms with Gasteiger partial charge in [-0.15, -0.1) is 0 Å². The number of hydrogen-bond donors (Lipinski definition) is 1. The largest absolute Gasteiger partial charge is 0.465 e. The molecule has 0 unspecified atom stereocenters. The maximum atomic E-state index is 14.0. The molecule has 8 heteroatoms. The number of benzene rings is 1. The minimum absolute atomic E-state index is 0.0862. The zero-order chi connectivity index (χ0) is 26.3. The number of ketones is 1.